The van der Waals surface area contributed by atoms with Gasteiger partial charge in [0.15, 0.2) is 0 Å². The number of benzene rings is 2. The molecule has 33 heavy (non-hydrogen) atoms. The normalized spacial score (nSPS) is 21.3. The highest BCUT2D eigenvalue weighted by Crippen LogP contribution is 2.27. The number of ether oxygens (including phenoxy) is 1. The van der Waals surface area contributed by atoms with Crippen LogP contribution in [0.4, 0.5) is 0 Å². The number of hydrogen-bond donors (Lipinski definition) is 0. The Morgan fingerprint density at radius 2 is 1.33 bits per heavy atom. The molecular weight excluding hydrogens is 420 g/mol. The van der Waals surface area contributed by atoms with Crippen LogP contribution in [0.15, 0.2) is 54.6 Å². The van der Waals surface area contributed by atoms with Crippen LogP contribution in [0.5, 0.6) is 5.75 Å². The average Bonchev–Trinajstić information content (AvgIpc) is 2.88. The Labute approximate surface area is 204 Å². The van der Waals surface area contributed by atoms with Crippen molar-refractivity contribution in [2.75, 3.05) is 26.2 Å². The predicted octanol–water partition coefficient (Wildman–Crippen LogP) is 4.53. The van der Waals surface area contributed by atoms with Crippen molar-refractivity contribution in [1.82, 2.24) is 9.80 Å². The van der Waals surface area contributed by atoms with E-state index in [4.69, 9.17) is 4.74 Å². The summed E-state index contributed by atoms with van der Waals surface area (Å²) < 4.78 is 6.30. The molecule has 3 fully saturated rings. The molecule has 2 aliphatic heterocycles. The lowest BCUT2D eigenvalue weighted by atomic mass is 9.92. The maximum Gasteiger partial charge on any atom is 0.119 e. The minimum atomic E-state index is 0.405. The van der Waals surface area contributed by atoms with Crippen molar-refractivity contribution >= 4 is 15.4 Å². The van der Waals surface area contributed by atoms with Crippen molar-refractivity contribution < 1.29 is 4.74 Å². The second-order valence-electron chi connectivity index (χ2n) is 10.3. The highest BCUT2D eigenvalue weighted by molar-refractivity contribution is 6.32. The lowest BCUT2D eigenvalue weighted by Crippen LogP contribution is -2.44. The number of nitrogens with zero attached hydrogens (tertiary/aromatic N) is 2. The van der Waals surface area contributed by atoms with Gasteiger partial charge in [0.25, 0.3) is 0 Å². The van der Waals surface area contributed by atoms with Crippen LogP contribution in [0.25, 0.3) is 0 Å². The molecule has 1 aliphatic carbocycles. The molecule has 3 nitrogen and oxygen atoms in total. The molecule has 2 aromatic rings. The first-order chi connectivity index (χ1) is 16.3. The minimum Gasteiger partial charge on any atom is -0.490 e. The number of piperidine rings is 2. The molecular formula is C29H44N2OSi. The average molecular weight is 465 g/mol. The van der Waals surface area contributed by atoms with E-state index in [9.17, 15) is 0 Å². The van der Waals surface area contributed by atoms with E-state index in [1.165, 1.54) is 111 Å². The third-order valence-electron chi connectivity index (χ3n) is 7.59. The van der Waals surface area contributed by atoms with Crippen molar-refractivity contribution in [3.63, 3.8) is 0 Å². The fourth-order valence-corrected chi connectivity index (χ4v) is 5.97. The Kier molecular flexibility index (Phi) is 9.88. The zero-order chi connectivity index (χ0) is 22.7. The Balaban J connectivity index is 0.000000318. The van der Waals surface area contributed by atoms with Crippen LogP contribution in [-0.2, 0) is 6.54 Å². The molecule has 5 rings (SSSR count). The van der Waals surface area contributed by atoms with Crippen LogP contribution < -0.4 is 9.92 Å². The molecule has 3 aliphatic rings. The van der Waals surface area contributed by atoms with Gasteiger partial charge in [0.05, 0.1) is 0 Å². The smallest absolute Gasteiger partial charge is 0.119 e. The molecule has 0 aromatic heterocycles. The van der Waals surface area contributed by atoms with Gasteiger partial charge in [-0.2, -0.15) is 0 Å². The maximum absolute atomic E-state index is 6.30. The van der Waals surface area contributed by atoms with Gasteiger partial charge in [-0.05, 0) is 69.3 Å². The third-order valence-corrected chi connectivity index (χ3v) is 8.26. The van der Waals surface area contributed by atoms with E-state index in [2.05, 4.69) is 58.3 Å². The van der Waals surface area contributed by atoms with Crippen molar-refractivity contribution in [3.05, 3.63) is 60.2 Å². The summed E-state index contributed by atoms with van der Waals surface area (Å²) in [7, 11) is 1.17. The standard InChI is InChI=1S/C23H36N2O.C6H8Si/c1-3-7-21(8-4-1)25-17-13-23(14-18-25)26-22-11-9-20(10-12-22)19-24-15-5-2-6-16-24;7-6-4-2-1-3-5-6/h9-12,21,23H,1-8,13-19H2;1-5H,7H3. The van der Waals surface area contributed by atoms with Crippen molar-refractivity contribution in [2.45, 2.75) is 82.9 Å². The van der Waals surface area contributed by atoms with Crippen molar-refractivity contribution in [1.29, 1.82) is 0 Å². The van der Waals surface area contributed by atoms with Gasteiger partial charge in [0.2, 0.25) is 0 Å². The quantitative estimate of drug-likeness (QED) is 0.605. The molecule has 0 bridgehead atoms. The second-order valence-corrected chi connectivity index (χ2v) is 11.4. The number of hydrogen-bond acceptors (Lipinski definition) is 3. The van der Waals surface area contributed by atoms with Gasteiger partial charge in [-0.3, -0.25) is 4.90 Å². The number of rotatable bonds is 5. The van der Waals surface area contributed by atoms with Gasteiger partial charge >= 0.3 is 0 Å². The molecule has 0 spiro atoms. The topological polar surface area (TPSA) is 15.7 Å². The number of likely N-dealkylation sites (tertiary alicyclic amines) is 2. The zero-order valence-electron chi connectivity index (χ0n) is 20.8. The van der Waals surface area contributed by atoms with Gasteiger partial charge in [-0.15, -0.1) is 0 Å². The molecule has 0 amide bonds. The lowest BCUT2D eigenvalue weighted by Gasteiger charge is -2.39. The Hall–Kier alpha value is -1.62. The van der Waals surface area contributed by atoms with E-state index in [-0.39, 0.29) is 0 Å². The van der Waals surface area contributed by atoms with Gasteiger partial charge < -0.3 is 9.64 Å². The SMILES string of the molecule is [SiH3]c1ccccc1.c1cc(OC2CCN(C3CCCCC3)CC2)ccc1CN1CCCCC1. The first-order valence-electron chi connectivity index (χ1n) is 13.5. The third kappa shape index (κ3) is 8.27. The summed E-state index contributed by atoms with van der Waals surface area (Å²) in [5, 5.41) is 1.46. The first kappa shape index (κ1) is 24.5. The molecule has 2 heterocycles. The molecule has 0 atom stereocenters. The minimum absolute atomic E-state index is 0.405. The van der Waals surface area contributed by atoms with Gasteiger partial charge in [-0.25, -0.2) is 0 Å². The molecule has 0 radical (unpaired) electrons. The van der Waals surface area contributed by atoms with E-state index in [0.717, 1.165) is 18.3 Å². The van der Waals surface area contributed by atoms with E-state index in [1.807, 2.05) is 6.07 Å². The second kappa shape index (κ2) is 13.3. The van der Waals surface area contributed by atoms with E-state index in [0.29, 0.717) is 6.10 Å². The fourth-order valence-electron chi connectivity index (χ4n) is 5.58. The lowest BCUT2D eigenvalue weighted by molar-refractivity contribution is 0.0630. The van der Waals surface area contributed by atoms with E-state index in [1.54, 1.807) is 0 Å². The van der Waals surface area contributed by atoms with Crippen LogP contribution in [-0.4, -0.2) is 58.4 Å². The summed E-state index contributed by atoms with van der Waals surface area (Å²) in [4.78, 5) is 5.32. The van der Waals surface area contributed by atoms with Gasteiger partial charge in [-0.1, -0.05) is 73.3 Å². The van der Waals surface area contributed by atoms with Crippen LogP contribution in [0.1, 0.15) is 69.8 Å². The summed E-state index contributed by atoms with van der Waals surface area (Å²) in [6, 6.07) is 20.2. The molecule has 2 saturated heterocycles. The summed E-state index contributed by atoms with van der Waals surface area (Å²) in [6.45, 7) is 6.07. The monoisotopic (exact) mass is 464 g/mol. The molecule has 0 unspecified atom stereocenters. The van der Waals surface area contributed by atoms with Crippen molar-refractivity contribution in [3.8, 4) is 5.75 Å². The molecule has 1 saturated carbocycles. The fraction of sp³-hybridized carbons (Fsp3) is 0.586. The van der Waals surface area contributed by atoms with Gasteiger partial charge in [0, 0.05) is 35.9 Å². The zero-order valence-corrected chi connectivity index (χ0v) is 22.8. The highest BCUT2D eigenvalue weighted by atomic mass is 28.1. The van der Waals surface area contributed by atoms with Gasteiger partial charge in [0.1, 0.15) is 11.9 Å². The Morgan fingerprint density at radius 1 is 0.697 bits per heavy atom. The molecule has 2 aromatic carbocycles. The molecule has 4 heteroatoms. The molecule has 0 N–H and O–H groups in total. The summed E-state index contributed by atoms with van der Waals surface area (Å²) in [5.74, 6) is 1.06. The van der Waals surface area contributed by atoms with E-state index < -0.39 is 0 Å². The Morgan fingerprint density at radius 3 is 1.94 bits per heavy atom. The van der Waals surface area contributed by atoms with Crippen LogP contribution in [0.3, 0.4) is 0 Å². The summed E-state index contributed by atoms with van der Waals surface area (Å²) >= 11 is 0. The van der Waals surface area contributed by atoms with Crippen molar-refractivity contribution in [2.24, 2.45) is 0 Å². The van der Waals surface area contributed by atoms with E-state index >= 15 is 0 Å². The summed E-state index contributed by atoms with van der Waals surface area (Å²) in [5.41, 5.74) is 1.42. The van der Waals surface area contributed by atoms with Crippen LogP contribution in [0, 0.1) is 0 Å². The molecule has 180 valence electrons. The Bertz CT molecular complexity index is 777. The first-order valence-corrected chi connectivity index (χ1v) is 14.5. The van der Waals surface area contributed by atoms with Crippen LogP contribution in [0.2, 0.25) is 0 Å². The van der Waals surface area contributed by atoms with Crippen LogP contribution >= 0.6 is 0 Å². The predicted molar refractivity (Wildman–Crippen MR) is 144 cm³/mol. The highest BCUT2D eigenvalue weighted by Gasteiger charge is 2.26. The largest absolute Gasteiger partial charge is 0.490 e. The summed E-state index contributed by atoms with van der Waals surface area (Å²) in [6.07, 6.45) is 14.1. The maximum atomic E-state index is 6.30.